The zero-order valence-electron chi connectivity index (χ0n) is 13.4. The molecule has 22 heavy (non-hydrogen) atoms. The SMILES string of the molecule is CCC(/C=N/N=C/C(CC)c1ccccc1)c1ccccc1. The van der Waals surface area contributed by atoms with Crippen molar-refractivity contribution in [3.8, 4) is 0 Å². The van der Waals surface area contributed by atoms with Crippen molar-refractivity contribution in [3.63, 3.8) is 0 Å². The second-order valence-electron chi connectivity index (χ2n) is 5.38. The summed E-state index contributed by atoms with van der Waals surface area (Å²) in [7, 11) is 0. The normalized spacial score (nSPS) is 14.5. The molecule has 0 heterocycles. The van der Waals surface area contributed by atoms with E-state index in [0.29, 0.717) is 11.8 Å². The average Bonchev–Trinajstić information content (AvgIpc) is 2.60. The Morgan fingerprint density at radius 1 is 0.682 bits per heavy atom. The Balaban J connectivity index is 2.00. The van der Waals surface area contributed by atoms with E-state index in [1.54, 1.807) is 0 Å². The lowest BCUT2D eigenvalue weighted by atomic mass is 9.98. The van der Waals surface area contributed by atoms with Crippen molar-refractivity contribution < 1.29 is 0 Å². The summed E-state index contributed by atoms with van der Waals surface area (Å²) in [6.07, 6.45) is 5.95. The van der Waals surface area contributed by atoms with Crippen molar-refractivity contribution in [2.75, 3.05) is 0 Å². The highest BCUT2D eigenvalue weighted by atomic mass is 15.2. The van der Waals surface area contributed by atoms with Crippen molar-refractivity contribution in [3.05, 3.63) is 71.8 Å². The van der Waals surface area contributed by atoms with Gasteiger partial charge in [0.25, 0.3) is 0 Å². The topological polar surface area (TPSA) is 24.7 Å². The summed E-state index contributed by atoms with van der Waals surface area (Å²) < 4.78 is 0. The predicted octanol–water partition coefficient (Wildman–Crippen LogP) is 5.43. The number of nitrogens with zero attached hydrogens (tertiary/aromatic N) is 2. The standard InChI is InChI=1S/C20H24N2/c1-3-17(19-11-7-5-8-12-19)15-21-22-16-18(4-2)20-13-9-6-10-14-20/h5-18H,3-4H2,1-2H3/b21-15+,22-16+. The summed E-state index contributed by atoms with van der Waals surface area (Å²) in [6, 6.07) is 20.9. The van der Waals surface area contributed by atoms with Gasteiger partial charge in [0.1, 0.15) is 0 Å². The van der Waals surface area contributed by atoms with Crippen molar-refractivity contribution in [1.82, 2.24) is 0 Å². The van der Waals surface area contributed by atoms with Crippen LogP contribution in [0.15, 0.2) is 70.9 Å². The minimum Gasteiger partial charge on any atom is -0.163 e. The summed E-state index contributed by atoms with van der Waals surface area (Å²) in [6.45, 7) is 4.35. The molecule has 2 unspecified atom stereocenters. The quantitative estimate of drug-likeness (QED) is 0.480. The molecule has 0 saturated carbocycles. The van der Waals surface area contributed by atoms with E-state index >= 15 is 0 Å². The molecule has 2 aromatic rings. The number of benzene rings is 2. The first-order valence-electron chi connectivity index (χ1n) is 8.01. The van der Waals surface area contributed by atoms with Crippen LogP contribution in [0.2, 0.25) is 0 Å². The van der Waals surface area contributed by atoms with Crippen LogP contribution in [0.5, 0.6) is 0 Å². The van der Waals surface area contributed by atoms with E-state index in [1.165, 1.54) is 11.1 Å². The molecule has 0 saturated heterocycles. The van der Waals surface area contributed by atoms with Crippen LogP contribution in [0.1, 0.15) is 49.7 Å². The van der Waals surface area contributed by atoms with Crippen LogP contribution in [-0.2, 0) is 0 Å². The van der Waals surface area contributed by atoms with Crippen LogP contribution >= 0.6 is 0 Å². The van der Waals surface area contributed by atoms with Gasteiger partial charge < -0.3 is 0 Å². The molecule has 2 nitrogen and oxygen atoms in total. The second kappa shape index (κ2) is 8.93. The molecule has 0 aliphatic heterocycles. The molecule has 2 heteroatoms. The van der Waals surface area contributed by atoms with E-state index in [1.807, 2.05) is 24.6 Å². The maximum atomic E-state index is 4.28. The van der Waals surface area contributed by atoms with Gasteiger partial charge in [-0.05, 0) is 24.0 Å². The Hall–Kier alpha value is -2.22. The van der Waals surface area contributed by atoms with Crippen LogP contribution in [0.4, 0.5) is 0 Å². The van der Waals surface area contributed by atoms with Crippen molar-refractivity contribution in [2.24, 2.45) is 10.2 Å². The lowest BCUT2D eigenvalue weighted by molar-refractivity contribution is 0.845. The van der Waals surface area contributed by atoms with Gasteiger partial charge in [-0.25, -0.2) is 0 Å². The average molecular weight is 292 g/mol. The summed E-state index contributed by atoms with van der Waals surface area (Å²) in [4.78, 5) is 0. The lowest BCUT2D eigenvalue weighted by Crippen LogP contribution is -1.99. The molecule has 114 valence electrons. The van der Waals surface area contributed by atoms with Crippen molar-refractivity contribution in [2.45, 2.75) is 38.5 Å². The second-order valence-corrected chi connectivity index (χ2v) is 5.38. The van der Waals surface area contributed by atoms with Crippen LogP contribution in [0.25, 0.3) is 0 Å². The van der Waals surface area contributed by atoms with Gasteiger partial charge in [0, 0.05) is 24.3 Å². The number of rotatable bonds is 7. The molecule has 0 aromatic heterocycles. The van der Waals surface area contributed by atoms with E-state index in [4.69, 9.17) is 0 Å². The molecule has 0 bridgehead atoms. The summed E-state index contributed by atoms with van der Waals surface area (Å²) >= 11 is 0. The zero-order valence-corrected chi connectivity index (χ0v) is 13.4. The third-order valence-electron chi connectivity index (χ3n) is 3.89. The van der Waals surface area contributed by atoms with Gasteiger partial charge in [-0.3, -0.25) is 0 Å². The van der Waals surface area contributed by atoms with E-state index in [2.05, 4.69) is 72.6 Å². The molecule has 2 rings (SSSR count). The van der Waals surface area contributed by atoms with Crippen LogP contribution < -0.4 is 0 Å². The molecule has 2 atom stereocenters. The van der Waals surface area contributed by atoms with Gasteiger partial charge >= 0.3 is 0 Å². The van der Waals surface area contributed by atoms with Crippen LogP contribution in [0.3, 0.4) is 0 Å². The largest absolute Gasteiger partial charge is 0.163 e. The monoisotopic (exact) mass is 292 g/mol. The van der Waals surface area contributed by atoms with Gasteiger partial charge in [-0.2, -0.15) is 10.2 Å². The molecule has 0 aliphatic rings. The lowest BCUT2D eigenvalue weighted by Gasteiger charge is -2.09. The van der Waals surface area contributed by atoms with Gasteiger partial charge in [-0.15, -0.1) is 0 Å². The molecule has 0 radical (unpaired) electrons. The Bertz CT molecular complexity index is 532. The Morgan fingerprint density at radius 2 is 1.05 bits per heavy atom. The fourth-order valence-corrected chi connectivity index (χ4v) is 2.49. The van der Waals surface area contributed by atoms with Crippen LogP contribution in [-0.4, -0.2) is 12.4 Å². The molecule has 0 spiro atoms. The van der Waals surface area contributed by atoms with Gasteiger partial charge in [0.15, 0.2) is 0 Å². The van der Waals surface area contributed by atoms with E-state index < -0.39 is 0 Å². The maximum absolute atomic E-state index is 4.28. The summed E-state index contributed by atoms with van der Waals surface area (Å²) in [5, 5.41) is 8.55. The van der Waals surface area contributed by atoms with Gasteiger partial charge in [-0.1, -0.05) is 74.5 Å². The minimum atomic E-state index is 0.329. The molecular weight excluding hydrogens is 268 g/mol. The Labute approximate surface area is 133 Å². The Morgan fingerprint density at radius 3 is 1.36 bits per heavy atom. The highest BCUT2D eigenvalue weighted by molar-refractivity contribution is 5.71. The zero-order chi connectivity index (χ0) is 15.6. The summed E-state index contributed by atoms with van der Waals surface area (Å²) in [5.74, 6) is 0.658. The third kappa shape index (κ3) is 4.66. The highest BCUT2D eigenvalue weighted by Gasteiger charge is 2.06. The maximum Gasteiger partial charge on any atom is 0.0344 e. The third-order valence-corrected chi connectivity index (χ3v) is 3.89. The first-order chi connectivity index (χ1) is 10.8. The summed E-state index contributed by atoms with van der Waals surface area (Å²) in [5.41, 5.74) is 2.58. The van der Waals surface area contributed by atoms with Gasteiger partial charge in [0.2, 0.25) is 0 Å². The van der Waals surface area contributed by atoms with E-state index in [0.717, 1.165) is 12.8 Å². The number of hydrogen-bond donors (Lipinski definition) is 0. The number of hydrogen-bond acceptors (Lipinski definition) is 2. The fourth-order valence-electron chi connectivity index (χ4n) is 2.49. The minimum absolute atomic E-state index is 0.329. The molecular formula is C20H24N2. The van der Waals surface area contributed by atoms with E-state index in [-0.39, 0.29) is 0 Å². The molecule has 0 fully saturated rings. The van der Waals surface area contributed by atoms with Crippen LogP contribution in [0, 0.1) is 0 Å². The highest BCUT2D eigenvalue weighted by Crippen LogP contribution is 2.18. The fraction of sp³-hybridized carbons (Fsp3) is 0.300. The van der Waals surface area contributed by atoms with E-state index in [9.17, 15) is 0 Å². The predicted molar refractivity (Wildman–Crippen MR) is 95.9 cm³/mol. The first-order valence-corrected chi connectivity index (χ1v) is 8.01. The van der Waals surface area contributed by atoms with Crippen molar-refractivity contribution >= 4 is 12.4 Å². The van der Waals surface area contributed by atoms with Gasteiger partial charge in [0.05, 0.1) is 0 Å². The molecule has 0 aliphatic carbocycles. The molecule has 0 amide bonds. The Kier molecular flexibility index (Phi) is 6.56. The smallest absolute Gasteiger partial charge is 0.0344 e. The van der Waals surface area contributed by atoms with Crippen molar-refractivity contribution in [1.29, 1.82) is 0 Å². The first kappa shape index (κ1) is 16.2. The molecule has 0 N–H and O–H groups in total. The molecule has 2 aromatic carbocycles.